The molecule has 13 rings (SSSR count). The number of nitrogens with zero attached hydrogens (tertiary/aromatic N) is 2. The fraction of sp³-hybridized carbons (Fsp3) is 0. The number of fused-ring (bicyclic) bond motifs is 12. The van der Waals surface area contributed by atoms with E-state index >= 15 is 0 Å². The van der Waals surface area contributed by atoms with Gasteiger partial charge < -0.3 is 13.9 Å². The summed E-state index contributed by atoms with van der Waals surface area (Å²) in [7, 11) is 0. The number of hydrogen-bond donors (Lipinski definition) is 0. The lowest BCUT2D eigenvalue weighted by Crippen LogP contribution is -2.10. The van der Waals surface area contributed by atoms with Gasteiger partial charge in [0, 0.05) is 44.3 Å². The van der Waals surface area contributed by atoms with Crippen molar-refractivity contribution in [3.63, 3.8) is 0 Å². The van der Waals surface area contributed by atoms with Gasteiger partial charge in [0.2, 0.25) is 0 Å². The Kier molecular flexibility index (Phi) is 7.91. The van der Waals surface area contributed by atoms with Crippen molar-refractivity contribution in [2.24, 2.45) is 0 Å². The Bertz CT molecular complexity index is 3800. The molecule has 294 valence electrons. The summed E-state index contributed by atoms with van der Waals surface area (Å²) in [4.78, 5) is 2.39. The minimum absolute atomic E-state index is 0.909. The summed E-state index contributed by atoms with van der Waals surface area (Å²) in [5, 5.41) is 12.4. The Hall–Kier alpha value is -8.40. The molecule has 13 aromatic rings. The Morgan fingerprint density at radius 1 is 0.302 bits per heavy atom. The van der Waals surface area contributed by atoms with Gasteiger partial charge in [0.25, 0.3) is 0 Å². The lowest BCUT2D eigenvalue weighted by Gasteiger charge is -2.27. The fourth-order valence-corrected chi connectivity index (χ4v) is 10.1. The van der Waals surface area contributed by atoms with Crippen LogP contribution in [0.4, 0.5) is 17.1 Å². The second-order valence-electron chi connectivity index (χ2n) is 16.4. The number of anilines is 3. The minimum atomic E-state index is 0.909. The number of aromatic nitrogens is 1. The first-order chi connectivity index (χ1) is 31.2. The molecule has 3 nitrogen and oxygen atoms in total. The zero-order valence-electron chi connectivity index (χ0n) is 34.2. The predicted octanol–water partition coefficient (Wildman–Crippen LogP) is 16.9. The molecule has 2 heterocycles. The fourth-order valence-electron chi connectivity index (χ4n) is 10.1. The quantitative estimate of drug-likeness (QED) is 0.156. The standard InChI is InChI=1S/C60H38N2O/c1-2-14-49-47(12-1)48-13-3-4-15-50(48)55-38-45(36-37-51(49)55)61(43-32-34-44(35-33-43)62-56-20-8-5-16-52(56)53-17-6-9-21-57(53)62)42-30-28-40(29-31-42)39-24-26-41(27-25-39)46-19-11-23-59-60(46)54-18-7-10-22-58(54)63-59/h1-38H. The smallest absolute Gasteiger partial charge is 0.136 e. The van der Waals surface area contributed by atoms with Crippen molar-refractivity contribution in [1.82, 2.24) is 4.57 Å². The lowest BCUT2D eigenvalue weighted by atomic mass is 9.94. The van der Waals surface area contributed by atoms with Gasteiger partial charge in [0.05, 0.1) is 11.0 Å². The third-order valence-corrected chi connectivity index (χ3v) is 13.0. The molecule has 0 N–H and O–H groups in total. The van der Waals surface area contributed by atoms with E-state index in [0.29, 0.717) is 0 Å². The second-order valence-corrected chi connectivity index (χ2v) is 16.4. The van der Waals surface area contributed by atoms with Gasteiger partial charge in [-0.25, -0.2) is 0 Å². The Morgan fingerprint density at radius 2 is 0.746 bits per heavy atom. The first-order valence-electron chi connectivity index (χ1n) is 21.6. The molecule has 0 atom stereocenters. The lowest BCUT2D eigenvalue weighted by molar-refractivity contribution is 0.669. The number of furan rings is 1. The van der Waals surface area contributed by atoms with E-state index in [2.05, 4.69) is 228 Å². The third-order valence-electron chi connectivity index (χ3n) is 13.0. The predicted molar refractivity (Wildman–Crippen MR) is 266 cm³/mol. The van der Waals surface area contributed by atoms with Crippen molar-refractivity contribution in [3.05, 3.63) is 231 Å². The highest BCUT2D eigenvalue weighted by atomic mass is 16.3. The van der Waals surface area contributed by atoms with Crippen LogP contribution in [-0.4, -0.2) is 4.57 Å². The summed E-state index contributed by atoms with van der Waals surface area (Å²) < 4.78 is 8.59. The summed E-state index contributed by atoms with van der Waals surface area (Å²) in [5.41, 5.74) is 13.3. The maximum Gasteiger partial charge on any atom is 0.136 e. The Morgan fingerprint density at radius 3 is 1.37 bits per heavy atom. The van der Waals surface area contributed by atoms with Crippen LogP contribution >= 0.6 is 0 Å². The summed E-state index contributed by atoms with van der Waals surface area (Å²) in [6.45, 7) is 0. The monoisotopic (exact) mass is 802 g/mol. The van der Waals surface area contributed by atoms with E-state index in [-0.39, 0.29) is 0 Å². The minimum Gasteiger partial charge on any atom is -0.456 e. The number of hydrogen-bond acceptors (Lipinski definition) is 2. The van der Waals surface area contributed by atoms with E-state index in [0.717, 1.165) is 50.3 Å². The molecule has 0 aliphatic carbocycles. The number of para-hydroxylation sites is 3. The average molecular weight is 803 g/mol. The summed E-state index contributed by atoms with van der Waals surface area (Å²) in [6, 6.07) is 83.5. The Labute approximate surface area is 363 Å². The van der Waals surface area contributed by atoms with Gasteiger partial charge in [-0.05, 0) is 127 Å². The van der Waals surface area contributed by atoms with Gasteiger partial charge in [-0.2, -0.15) is 0 Å². The highest BCUT2D eigenvalue weighted by molar-refractivity contribution is 6.26. The highest BCUT2D eigenvalue weighted by Gasteiger charge is 2.18. The van der Waals surface area contributed by atoms with Crippen LogP contribution in [0.3, 0.4) is 0 Å². The van der Waals surface area contributed by atoms with Crippen molar-refractivity contribution in [1.29, 1.82) is 0 Å². The molecule has 0 unspecified atom stereocenters. The van der Waals surface area contributed by atoms with Gasteiger partial charge in [0.15, 0.2) is 0 Å². The van der Waals surface area contributed by atoms with E-state index < -0.39 is 0 Å². The van der Waals surface area contributed by atoms with E-state index in [1.165, 1.54) is 70.8 Å². The first kappa shape index (κ1) is 35.4. The molecule has 0 fully saturated rings. The molecule has 0 radical (unpaired) electrons. The van der Waals surface area contributed by atoms with E-state index in [1.807, 2.05) is 12.1 Å². The molecule has 2 aromatic heterocycles. The van der Waals surface area contributed by atoms with E-state index in [1.54, 1.807) is 0 Å². The van der Waals surface area contributed by atoms with Crippen LogP contribution in [-0.2, 0) is 0 Å². The zero-order chi connectivity index (χ0) is 41.4. The van der Waals surface area contributed by atoms with Crippen LogP contribution < -0.4 is 4.90 Å². The molecule has 0 bridgehead atoms. The second kappa shape index (κ2) is 14.1. The van der Waals surface area contributed by atoms with Crippen LogP contribution in [0, 0.1) is 0 Å². The first-order valence-corrected chi connectivity index (χ1v) is 21.6. The molecular weight excluding hydrogens is 765 g/mol. The van der Waals surface area contributed by atoms with Crippen LogP contribution in [0.25, 0.3) is 104 Å². The summed E-state index contributed by atoms with van der Waals surface area (Å²) >= 11 is 0. The van der Waals surface area contributed by atoms with Gasteiger partial charge in [-0.15, -0.1) is 0 Å². The molecular formula is C60H38N2O. The van der Waals surface area contributed by atoms with Crippen LogP contribution in [0.2, 0.25) is 0 Å². The molecule has 0 spiro atoms. The van der Waals surface area contributed by atoms with Crippen LogP contribution in [0.15, 0.2) is 235 Å². The third kappa shape index (κ3) is 5.60. The SMILES string of the molecule is c1ccc2c(c1)oc1cccc(-c3ccc(-c4ccc(N(c5ccc(-n6c7ccccc7c7ccccc76)cc5)c5ccc6c7ccccc7c7ccccc7c6c5)cc4)cc3)c12. The van der Waals surface area contributed by atoms with E-state index in [9.17, 15) is 0 Å². The molecule has 0 amide bonds. The average Bonchev–Trinajstić information content (AvgIpc) is 3.91. The molecule has 0 saturated heterocycles. The van der Waals surface area contributed by atoms with Crippen LogP contribution in [0.1, 0.15) is 0 Å². The maximum absolute atomic E-state index is 6.21. The molecule has 0 aliphatic rings. The van der Waals surface area contributed by atoms with Gasteiger partial charge in [-0.3, -0.25) is 0 Å². The molecule has 0 aliphatic heterocycles. The maximum atomic E-state index is 6.21. The highest BCUT2D eigenvalue weighted by Crippen LogP contribution is 2.43. The summed E-state index contributed by atoms with van der Waals surface area (Å²) in [6.07, 6.45) is 0. The molecule has 63 heavy (non-hydrogen) atoms. The van der Waals surface area contributed by atoms with Gasteiger partial charge in [-0.1, -0.05) is 158 Å². The summed E-state index contributed by atoms with van der Waals surface area (Å²) in [5.74, 6) is 0. The molecule has 11 aromatic carbocycles. The van der Waals surface area contributed by atoms with Gasteiger partial charge >= 0.3 is 0 Å². The molecule has 0 saturated carbocycles. The number of rotatable bonds is 6. The van der Waals surface area contributed by atoms with Crippen molar-refractivity contribution in [3.8, 4) is 27.9 Å². The normalized spacial score (nSPS) is 11.8. The van der Waals surface area contributed by atoms with Crippen molar-refractivity contribution >= 4 is 93.1 Å². The number of benzene rings is 11. The van der Waals surface area contributed by atoms with Crippen LogP contribution in [0.5, 0.6) is 0 Å². The topological polar surface area (TPSA) is 21.3 Å². The zero-order valence-corrected chi connectivity index (χ0v) is 34.2. The largest absolute Gasteiger partial charge is 0.456 e. The molecule has 3 heteroatoms. The van der Waals surface area contributed by atoms with Gasteiger partial charge in [0.1, 0.15) is 11.2 Å². The van der Waals surface area contributed by atoms with Crippen molar-refractivity contribution in [2.75, 3.05) is 4.90 Å². The Balaban J connectivity index is 0.924. The van der Waals surface area contributed by atoms with Crippen molar-refractivity contribution in [2.45, 2.75) is 0 Å². The van der Waals surface area contributed by atoms with Crippen molar-refractivity contribution < 1.29 is 4.42 Å². The van der Waals surface area contributed by atoms with E-state index in [4.69, 9.17) is 4.42 Å².